The Morgan fingerprint density at radius 3 is 2.62 bits per heavy atom. The van der Waals surface area contributed by atoms with E-state index >= 15 is 0 Å². The van der Waals surface area contributed by atoms with Crippen molar-refractivity contribution in [1.29, 1.82) is 0 Å². The molecule has 0 aromatic heterocycles. The molecule has 1 aromatic rings. The number of phenolic OH excluding ortho intramolecular Hbond substituents is 1. The minimum absolute atomic E-state index is 0.0949. The Balaban J connectivity index is 2.65. The summed E-state index contributed by atoms with van der Waals surface area (Å²) in [4.78, 5) is 0. The maximum absolute atomic E-state index is 14.0. The fraction of sp³-hybridized carbons (Fsp3) is 0.455. The van der Waals surface area contributed by atoms with E-state index in [4.69, 9.17) is 10.5 Å². The van der Waals surface area contributed by atoms with Crippen molar-refractivity contribution in [2.45, 2.75) is 24.8 Å². The van der Waals surface area contributed by atoms with Crippen LogP contribution in [0.3, 0.4) is 0 Å². The Hall–Kier alpha value is -0.810. The van der Waals surface area contributed by atoms with Gasteiger partial charge in [0.05, 0.1) is 17.1 Å². The van der Waals surface area contributed by atoms with Gasteiger partial charge in [0.15, 0.2) is 11.5 Å². The van der Waals surface area contributed by atoms with Crippen LogP contribution in [0.5, 0.6) is 11.5 Å². The van der Waals surface area contributed by atoms with Crippen LogP contribution in [0.4, 0.5) is 4.39 Å². The third-order valence-corrected chi connectivity index (χ3v) is 3.68. The van der Waals surface area contributed by atoms with Crippen LogP contribution in [0.1, 0.15) is 24.8 Å². The third kappa shape index (κ3) is 1.58. The lowest BCUT2D eigenvalue weighted by Gasteiger charge is -2.39. The van der Waals surface area contributed by atoms with E-state index in [0.29, 0.717) is 12.8 Å². The number of benzene rings is 1. The number of nitrogens with two attached hydrogens (primary N) is 1. The predicted octanol–water partition coefficient (Wildman–Crippen LogP) is 2.64. The summed E-state index contributed by atoms with van der Waals surface area (Å²) in [5, 5.41) is 9.70. The molecule has 1 fully saturated rings. The first-order chi connectivity index (χ1) is 7.49. The van der Waals surface area contributed by atoms with Crippen LogP contribution in [0.2, 0.25) is 0 Å². The summed E-state index contributed by atoms with van der Waals surface area (Å²) in [6.07, 6.45) is 2.37. The van der Waals surface area contributed by atoms with Crippen molar-refractivity contribution in [3.05, 3.63) is 21.9 Å². The van der Waals surface area contributed by atoms with Gasteiger partial charge in [0.2, 0.25) is 0 Å². The van der Waals surface area contributed by atoms with Crippen LogP contribution in [0.25, 0.3) is 0 Å². The zero-order valence-corrected chi connectivity index (χ0v) is 10.5. The van der Waals surface area contributed by atoms with Crippen LogP contribution in [-0.2, 0) is 5.54 Å². The molecule has 2 rings (SSSR count). The van der Waals surface area contributed by atoms with E-state index in [2.05, 4.69) is 15.9 Å². The number of phenols is 1. The van der Waals surface area contributed by atoms with Crippen molar-refractivity contribution in [3.63, 3.8) is 0 Å². The van der Waals surface area contributed by atoms with Gasteiger partial charge in [0, 0.05) is 11.6 Å². The van der Waals surface area contributed by atoms with E-state index in [1.807, 2.05) is 0 Å². The van der Waals surface area contributed by atoms with E-state index < -0.39 is 11.4 Å². The fourth-order valence-corrected chi connectivity index (χ4v) is 2.47. The second-order valence-electron chi connectivity index (χ2n) is 4.11. The Morgan fingerprint density at radius 2 is 2.19 bits per heavy atom. The van der Waals surface area contributed by atoms with Crippen molar-refractivity contribution < 1.29 is 14.2 Å². The molecule has 1 aromatic carbocycles. The number of halogens is 2. The SMILES string of the molecule is COc1c(O)cc(Br)c(F)c1C1(N)CCC1. The first kappa shape index (κ1) is 11.7. The van der Waals surface area contributed by atoms with E-state index in [9.17, 15) is 9.50 Å². The molecule has 1 aliphatic rings. The number of ether oxygens (including phenoxy) is 1. The van der Waals surface area contributed by atoms with Crippen LogP contribution >= 0.6 is 15.9 Å². The maximum atomic E-state index is 14.0. The Morgan fingerprint density at radius 1 is 1.56 bits per heavy atom. The largest absolute Gasteiger partial charge is 0.504 e. The Kier molecular flexibility index (Phi) is 2.84. The van der Waals surface area contributed by atoms with Crippen molar-refractivity contribution >= 4 is 15.9 Å². The summed E-state index contributed by atoms with van der Waals surface area (Å²) >= 11 is 3.06. The second-order valence-corrected chi connectivity index (χ2v) is 4.96. The minimum atomic E-state index is -0.712. The molecule has 0 heterocycles. The quantitative estimate of drug-likeness (QED) is 0.880. The van der Waals surface area contributed by atoms with Gasteiger partial charge in [-0.3, -0.25) is 0 Å². The van der Waals surface area contributed by atoms with Gasteiger partial charge in [0.1, 0.15) is 5.82 Å². The summed E-state index contributed by atoms with van der Waals surface area (Å²) in [7, 11) is 1.40. The number of methoxy groups -OCH3 is 1. The number of hydrogen-bond donors (Lipinski definition) is 2. The monoisotopic (exact) mass is 289 g/mol. The van der Waals surface area contributed by atoms with E-state index in [1.165, 1.54) is 13.2 Å². The number of hydrogen-bond acceptors (Lipinski definition) is 3. The van der Waals surface area contributed by atoms with Crippen LogP contribution in [0.15, 0.2) is 10.5 Å². The lowest BCUT2D eigenvalue weighted by Crippen LogP contribution is -2.44. The summed E-state index contributed by atoms with van der Waals surface area (Å²) in [5.41, 5.74) is 5.65. The molecule has 0 radical (unpaired) electrons. The first-order valence-electron chi connectivity index (χ1n) is 5.04. The molecule has 88 valence electrons. The highest BCUT2D eigenvalue weighted by Crippen LogP contribution is 2.48. The Labute approximate surface area is 102 Å². The fourth-order valence-electron chi connectivity index (χ4n) is 2.06. The molecular formula is C11H13BrFNO2. The highest BCUT2D eigenvalue weighted by atomic mass is 79.9. The van der Waals surface area contributed by atoms with Gasteiger partial charge in [-0.25, -0.2) is 4.39 Å². The third-order valence-electron chi connectivity index (χ3n) is 3.10. The normalized spacial score (nSPS) is 18.0. The smallest absolute Gasteiger partial charge is 0.168 e. The zero-order valence-electron chi connectivity index (χ0n) is 8.89. The highest BCUT2D eigenvalue weighted by Gasteiger charge is 2.40. The molecule has 0 bridgehead atoms. The number of rotatable bonds is 2. The number of aromatic hydroxyl groups is 1. The molecule has 1 saturated carbocycles. The van der Waals surface area contributed by atoms with Gasteiger partial charge < -0.3 is 15.6 Å². The molecule has 0 unspecified atom stereocenters. The van der Waals surface area contributed by atoms with Crippen molar-refractivity contribution in [3.8, 4) is 11.5 Å². The average Bonchev–Trinajstić information content (AvgIpc) is 2.19. The predicted molar refractivity (Wildman–Crippen MR) is 62.0 cm³/mol. The average molecular weight is 290 g/mol. The molecule has 3 N–H and O–H groups in total. The summed E-state index contributed by atoms with van der Waals surface area (Å²) in [6.45, 7) is 0. The van der Waals surface area contributed by atoms with Crippen molar-refractivity contribution in [1.82, 2.24) is 0 Å². The highest BCUT2D eigenvalue weighted by molar-refractivity contribution is 9.10. The molecule has 3 nitrogen and oxygen atoms in total. The van der Waals surface area contributed by atoms with E-state index in [1.54, 1.807) is 0 Å². The molecule has 0 aliphatic heterocycles. The zero-order chi connectivity index (χ0) is 11.9. The molecule has 0 saturated heterocycles. The topological polar surface area (TPSA) is 55.5 Å². The lowest BCUT2D eigenvalue weighted by molar-refractivity contribution is 0.231. The van der Waals surface area contributed by atoms with Crippen LogP contribution in [0, 0.1) is 5.82 Å². The van der Waals surface area contributed by atoms with Crippen molar-refractivity contribution in [2.24, 2.45) is 5.73 Å². The van der Waals surface area contributed by atoms with Crippen LogP contribution < -0.4 is 10.5 Å². The van der Waals surface area contributed by atoms with Gasteiger partial charge >= 0.3 is 0 Å². The second kappa shape index (κ2) is 3.89. The van der Waals surface area contributed by atoms with E-state index in [0.717, 1.165) is 6.42 Å². The van der Waals surface area contributed by atoms with Gasteiger partial charge in [-0.1, -0.05) is 0 Å². The molecule has 0 spiro atoms. The van der Waals surface area contributed by atoms with Gasteiger partial charge in [-0.15, -0.1) is 0 Å². The Bertz CT molecular complexity index is 432. The molecular weight excluding hydrogens is 277 g/mol. The molecule has 16 heavy (non-hydrogen) atoms. The minimum Gasteiger partial charge on any atom is -0.504 e. The molecule has 5 heteroatoms. The van der Waals surface area contributed by atoms with Crippen LogP contribution in [-0.4, -0.2) is 12.2 Å². The van der Waals surface area contributed by atoms with E-state index in [-0.39, 0.29) is 21.5 Å². The van der Waals surface area contributed by atoms with Gasteiger partial charge in [-0.2, -0.15) is 0 Å². The molecule has 0 atom stereocenters. The summed E-state index contributed by atoms with van der Waals surface area (Å²) in [5.74, 6) is -0.401. The summed E-state index contributed by atoms with van der Waals surface area (Å²) < 4.78 is 19.3. The van der Waals surface area contributed by atoms with Gasteiger partial charge in [0.25, 0.3) is 0 Å². The maximum Gasteiger partial charge on any atom is 0.168 e. The van der Waals surface area contributed by atoms with Gasteiger partial charge in [-0.05, 0) is 35.2 Å². The molecule has 0 amide bonds. The standard InChI is InChI=1S/C11H13BrFNO2/c1-16-10-7(15)5-6(12)9(13)8(10)11(14)3-2-4-11/h5,15H,2-4,14H2,1H3. The van der Waals surface area contributed by atoms with Crippen molar-refractivity contribution in [2.75, 3.05) is 7.11 Å². The summed E-state index contributed by atoms with van der Waals surface area (Å²) in [6, 6.07) is 1.28. The lowest BCUT2D eigenvalue weighted by atomic mass is 9.72. The molecule has 1 aliphatic carbocycles. The first-order valence-corrected chi connectivity index (χ1v) is 5.83.